The van der Waals surface area contributed by atoms with Gasteiger partial charge in [0, 0.05) is 5.02 Å². The minimum absolute atomic E-state index is 0.273. The highest BCUT2D eigenvalue weighted by Crippen LogP contribution is 2.33. The molecule has 1 N–H and O–H groups in total. The molecule has 1 aromatic carbocycles. The van der Waals surface area contributed by atoms with Crippen LogP contribution in [0.1, 0.15) is 35.2 Å². The summed E-state index contributed by atoms with van der Waals surface area (Å²) in [5.74, 6) is 0. The molecule has 0 spiro atoms. The second kappa shape index (κ2) is 5.38. The Bertz CT molecular complexity index is 417. The summed E-state index contributed by atoms with van der Waals surface area (Å²) in [4.78, 5) is 0. The fourth-order valence-electron chi connectivity index (χ4n) is 2.62. The summed E-state index contributed by atoms with van der Waals surface area (Å²) in [6.07, 6.45) is 0.987. The van der Waals surface area contributed by atoms with Crippen LogP contribution < -0.4 is 5.32 Å². The number of ether oxygens (including phenoxy) is 1. The Balaban J connectivity index is 2.54. The van der Waals surface area contributed by atoms with Gasteiger partial charge in [-0.05, 0) is 55.1 Å². The SMILES string of the molecule is CCNC1COCCc2c(C)cc(Cl)c(C)c21. The lowest BCUT2D eigenvalue weighted by atomic mass is 9.91. The standard InChI is InChI=1S/C14H20ClNO/c1-4-16-13-8-17-6-5-11-9(2)7-12(15)10(3)14(11)13/h7,13,16H,4-6,8H2,1-3H3. The molecule has 1 aromatic rings. The average molecular weight is 254 g/mol. The molecule has 0 amide bonds. The molecule has 94 valence electrons. The van der Waals surface area contributed by atoms with Crippen LogP contribution in [0.5, 0.6) is 0 Å². The van der Waals surface area contributed by atoms with Gasteiger partial charge < -0.3 is 10.1 Å². The Kier molecular flexibility index (Phi) is 4.08. The highest BCUT2D eigenvalue weighted by Gasteiger charge is 2.23. The zero-order valence-electron chi connectivity index (χ0n) is 10.8. The van der Waals surface area contributed by atoms with Crippen LogP contribution in [0.15, 0.2) is 6.07 Å². The second-order valence-electron chi connectivity index (χ2n) is 4.63. The third kappa shape index (κ3) is 2.49. The Morgan fingerprint density at radius 3 is 2.94 bits per heavy atom. The number of likely N-dealkylation sites (N-methyl/N-ethyl adjacent to an activating group) is 1. The molecule has 1 atom stereocenters. The van der Waals surface area contributed by atoms with E-state index < -0.39 is 0 Å². The maximum absolute atomic E-state index is 6.30. The number of nitrogens with one attached hydrogen (secondary N) is 1. The number of halogens is 1. The normalized spacial score (nSPS) is 19.9. The van der Waals surface area contributed by atoms with Gasteiger partial charge in [-0.25, -0.2) is 0 Å². The predicted octanol–water partition coefficient (Wildman–Crippen LogP) is 3.18. The van der Waals surface area contributed by atoms with Crippen molar-refractivity contribution in [3.05, 3.63) is 33.3 Å². The van der Waals surface area contributed by atoms with Crippen LogP contribution in [0.25, 0.3) is 0 Å². The molecule has 0 fully saturated rings. The third-order valence-corrected chi connectivity index (χ3v) is 3.88. The predicted molar refractivity (Wildman–Crippen MR) is 71.9 cm³/mol. The quantitative estimate of drug-likeness (QED) is 0.874. The zero-order valence-corrected chi connectivity index (χ0v) is 11.5. The molecule has 3 heteroatoms. The van der Waals surface area contributed by atoms with E-state index in [-0.39, 0.29) is 6.04 Å². The Labute approximate surface area is 108 Å². The maximum atomic E-state index is 6.30. The number of hydrogen-bond donors (Lipinski definition) is 1. The van der Waals surface area contributed by atoms with Crippen LogP contribution in [0.4, 0.5) is 0 Å². The number of rotatable bonds is 2. The first kappa shape index (κ1) is 12.9. The highest BCUT2D eigenvalue weighted by molar-refractivity contribution is 6.31. The minimum Gasteiger partial charge on any atom is -0.379 e. The highest BCUT2D eigenvalue weighted by atomic mass is 35.5. The monoisotopic (exact) mass is 253 g/mol. The van der Waals surface area contributed by atoms with E-state index in [1.165, 1.54) is 22.3 Å². The fourth-order valence-corrected chi connectivity index (χ4v) is 2.89. The summed E-state index contributed by atoms with van der Waals surface area (Å²) in [7, 11) is 0. The number of benzene rings is 1. The lowest BCUT2D eigenvalue weighted by Gasteiger charge is -2.22. The van der Waals surface area contributed by atoms with E-state index in [1.54, 1.807) is 0 Å². The van der Waals surface area contributed by atoms with Crippen molar-refractivity contribution in [3.63, 3.8) is 0 Å². The van der Waals surface area contributed by atoms with Crippen molar-refractivity contribution in [1.82, 2.24) is 5.32 Å². The van der Waals surface area contributed by atoms with Crippen molar-refractivity contribution in [2.45, 2.75) is 33.2 Å². The van der Waals surface area contributed by atoms with Crippen LogP contribution in [-0.4, -0.2) is 19.8 Å². The molecule has 2 rings (SSSR count). The van der Waals surface area contributed by atoms with Crippen molar-refractivity contribution in [2.75, 3.05) is 19.8 Å². The van der Waals surface area contributed by atoms with Crippen LogP contribution in [-0.2, 0) is 11.2 Å². The molecule has 1 aliphatic heterocycles. The maximum Gasteiger partial charge on any atom is 0.0661 e. The van der Waals surface area contributed by atoms with Gasteiger partial charge in [0.1, 0.15) is 0 Å². The summed E-state index contributed by atoms with van der Waals surface area (Å²) in [5.41, 5.74) is 5.25. The molecule has 0 aliphatic carbocycles. The molecule has 0 saturated heterocycles. The smallest absolute Gasteiger partial charge is 0.0661 e. The molecule has 0 radical (unpaired) electrons. The first-order valence-corrected chi connectivity index (χ1v) is 6.62. The number of aryl methyl sites for hydroxylation is 1. The Morgan fingerprint density at radius 1 is 1.47 bits per heavy atom. The molecular weight excluding hydrogens is 234 g/mol. The summed E-state index contributed by atoms with van der Waals surface area (Å²) in [5, 5.41) is 4.36. The lowest BCUT2D eigenvalue weighted by molar-refractivity contribution is 0.122. The number of hydrogen-bond acceptors (Lipinski definition) is 2. The van der Waals surface area contributed by atoms with Crippen LogP contribution in [0.3, 0.4) is 0 Å². The molecule has 17 heavy (non-hydrogen) atoms. The summed E-state index contributed by atoms with van der Waals surface area (Å²) < 4.78 is 5.69. The molecule has 1 unspecified atom stereocenters. The van der Waals surface area contributed by atoms with E-state index in [1.807, 2.05) is 0 Å². The Hall–Kier alpha value is -0.570. The van der Waals surface area contributed by atoms with Gasteiger partial charge in [-0.2, -0.15) is 0 Å². The van der Waals surface area contributed by atoms with Gasteiger partial charge >= 0.3 is 0 Å². The topological polar surface area (TPSA) is 21.3 Å². The summed E-state index contributed by atoms with van der Waals surface area (Å²) >= 11 is 6.30. The van der Waals surface area contributed by atoms with Crippen molar-refractivity contribution >= 4 is 11.6 Å². The van der Waals surface area contributed by atoms with E-state index in [0.717, 1.165) is 31.2 Å². The van der Waals surface area contributed by atoms with E-state index in [4.69, 9.17) is 16.3 Å². The first-order chi connectivity index (χ1) is 8.15. The van der Waals surface area contributed by atoms with Gasteiger partial charge in [0.15, 0.2) is 0 Å². The second-order valence-corrected chi connectivity index (χ2v) is 5.03. The number of fused-ring (bicyclic) bond motifs is 1. The molecular formula is C14H20ClNO. The van der Waals surface area contributed by atoms with Crippen molar-refractivity contribution in [3.8, 4) is 0 Å². The minimum atomic E-state index is 0.273. The van der Waals surface area contributed by atoms with Crippen molar-refractivity contribution in [2.24, 2.45) is 0 Å². The molecule has 1 aliphatic rings. The molecule has 2 nitrogen and oxygen atoms in total. The van der Waals surface area contributed by atoms with Crippen LogP contribution in [0, 0.1) is 13.8 Å². The third-order valence-electron chi connectivity index (χ3n) is 3.49. The largest absolute Gasteiger partial charge is 0.379 e. The van der Waals surface area contributed by atoms with Crippen LogP contribution >= 0.6 is 11.6 Å². The van der Waals surface area contributed by atoms with Gasteiger partial charge in [-0.15, -0.1) is 0 Å². The molecule has 0 aromatic heterocycles. The van der Waals surface area contributed by atoms with E-state index in [0.29, 0.717) is 0 Å². The van der Waals surface area contributed by atoms with Crippen molar-refractivity contribution < 1.29 is 4.74 Å². The van der Waals surface area contributed by atoms with E-state index in [9.17, 15) is 0 Å². The molecule has 1 heterocycles. The van der Waals surface area contributed by atoms with E-state index in [2.05, 4.69) is 32.2 Å². The summed E-state index contributed by atoms with van der Waals surface area (Å²) in [6.45, 7) is 8.85. The van der Waals surface area contributed by atoms with E-state index >= 15 is 0 Å². The molecule has 0 bridgehead atoms. The molecule has 0 saturated carbocycles. The van der Waals surface area contributed by atoms with Crippen molar-refractivity contribution in [1.29, 1.82) is 0 Å². The van der Waals surface area contributed by atoms with Gasteiger partial charge in [-0.1, -0.05) is 18.5 Å². The van der Waals surface area contributed by atoms with Gasteiger partial charge in [0.2, 0.25) is 0 Å². The van der Waals surface area contributed by atoms with Crippen LogP contribution in [0.2, 0.25) is 5.02 Å². The first-order valence-electron chi connectivity index (χ1n) is 6.24. The lowest BCUT2D eigenvalue weighted by Crippen LogP contribution is -2.26. The van der Waals surface area contributed by atoms with Gasteiger partial charge in [0.25, 0.3) is 0 Å². The average Bonchev–Trinajstić information content (AvgIpc) is 2.50. The summed E-state index contributed by atoms with van der Waals surface area (Å²) in [6, 6.07) is 2.35. The Morgan fingerprint density at radius 2 is 2.24 bits per heavy atom. The zero-order chi connectivity index (χ0) is 12.4. The fraction of sp³-hybridized carbons (Fsp3) is 0.571. The van der Waals surface area contributed by atoms with Gasteiger partial charge in [0.05, 0.1) is 19.3 Å². The van der Waals surface area contributed by atoms with Gasteiger partial charge in [-0.3, -0.25) is 0 Å².